The maximum absolute atomic E-state index is 11.7. The summed E-state index contributed by atoms with van der Waals surface area (Å²) in [5.41, 5.74) is 0.480. The minimum absolute atomic E-state index is 0.0346. The normalized spacial score (nSPS) is 14.1. The lowest BCUT2D eigenvalue weighted by Gasteiger charge is -2.16. The molecule has 0 spiro atoms. The third-order valence-electron chi connectivity index (χ3n) is 2.93. The van der Waals surface area contributed by atoms with Gasteiger partial charge in [-0.2, -0.15) is 0 Å². The van der Waals surface area contributed by atoms with Crippen molar-refractivity contribution in [3.63, 3.8) is 0 Å². The van der Waals surface area contributed by atoms with Crippen LogP contribution in [0.25, 0.3) is 0 Å². The largest absolute Gasteiger partial charge is 0.482 e. The first kappa shape index (κ1) is 12.9. The Hall–Kier alpha value is -1.55. The van der Waals surface area contributed by atoms with E-state index in [2.05, 4.69) is 0 Å². The number of aldehydes is 1. The Morgan fingerprint density at radius 1 is 1.56 bits per heavy atom. The number of carbonyl (C=O) groups is 2. The van der Waals surface area contributed by atoms with Gasteiger partial charge in [-0.15, -0.1) is 0 Å². The highest BCUT2D eigenvalue weighted by Gasteiger charge is 2.29. The average Bonchev–Trinajstić information content (AvgIpc) is 3.20. The molecule has 1 fully saturated rings. The molecule has 4 nitrogen and oxygen atoms in total. The Labute approximate surface area is 110 Å². The highest BCUT2D eigenvalue weighted by molar-refractivity contribution is 6.32. The van der Waals surface area contributed by atoms with Gasteiger partial charge in [0.15, 0.2) is 6.61 Å². The van der Waals surface area contributed by atoms with E-state index < -0.39 is 0 Å². The Kier molecular flexibility index (Phi) is 3.87. The van der Waals surface area contributed by atoms with E-state index in [0.717, 1.165) is 12.8 Å². The van der Waals surface area contributed by atoms with Gasteiger partial charge >= 0.3 is 0 Å². The highest BCUT2D eigenvalue weighted by Crippen LogP contribution is 2.27. The highest BCUT2D eigenvalue weighted by atomic mass is 35.5. The molecule has 2 rings (SSSR count). The van der Waals surface area contributed by atoms with Gasteiger partial charge in [-0.25, -0.2) is 0 Å². The van der Waals surface area contributed by atoms with Crippen LogP contribution in [0.4, 0.5) is 0 Å². The van der Waals surface area contributed by atoms with Crippen LogP contribution in [0, 0.1) is 0 Å². The van der Waals surface area contributed by atoms with Crippen molar-refractivity contribution in [3.05, 3.63) is 28.8 Å². The van der Waals surface area contributed by atoms with Gasteiger partial charge in [0.25, 0.3) is 5.91 Å². The van der Waals surface area contributed by atoms with E-state index in [4.69, 9.17) is 16.3 Å². The van der Waals surface area contributed by atoms with Gasteiger partial charge in [0.05, 0.1) is 5.02 Å². The van der Waals surface area contributed by atoms with Gasteiger partial charge in [-0.3, -0.25) is 9.59 Å². The summed E-state index contributed by atoms with van der Waals surface area (Å²) in [5.74, 6) is 0.354. The van der Waals surface area contributed by atoms with Crippen molar-refractivity contribution >= 4 is 23.8 Å². The lowest BCUT2D eigenvalue weighted by molar-refractivity contribution is -0.132. The number of amides is 1. The maximum Gasteiger partial charge on any atom is 0.260 e. The van der Waals surface area contributed by atoms with E-state index in [1.807, 2.05) is 0 Å². The number of halogens is 1. The van der Waals surface area contributed by atoms with Crippen molar-refractivity contribution < 1.29 is 14.3 Å². The number of hydrogen-bond donors (Lipinski definition) is 0. The summed E-state index contributed by atoms with van der Waals surface area (Å²) in [6.07, 6.45) is 2.84. The number of benzene rings is 1. The molecule has 18 heavy (non-hydrogen) atoms. The van der Waals surface area contributed by atoms with Crippen LogP contribution in [0.5, 0.6) is 5.75 Å². The topological polar surface area (TPSA) is 46.6 Å². The number of carbonyl (C=O) groups excluding carboxylic acids is 2. The van der Waals surface area contributed by atoms with Crippen LogP contribution in [-0.2, 0) is 4.79 Å². The quantitative estimate of drug-likeness (QED) is 0.768. The molecule has 96 valence electrons. The van der Waals surface area contributed by atoms with Gasteiger partial charge in [-0.05, 0) is 31.0 Å². The van der Waals surface area contributed by atoms with Crippen molar-refractivity contribution in [2.75, 3.05) is 13.7 Å². The zero-order valence-electron chi connectivity index (χ0n) is 10.1. The Bertz CT molecular complexity index is 471. The molecule has 1 saturated carbocycles. The van der Waals surface area contributed by atoms with Crippen molar-refractivity contribution in [2.45, 2.75) is 18.9 Å². The van der Waals surface area contributed by atoms with Crippen LogP contribution >= 0.6 is 11.6 Å². The molecule has 0 radical (unpaired) electrons. The summed E-state index contributed by atoms with van der Waals surface area (Å²) in [6.45, 7) is -0.0346. The molecule has 1 aromatic carbocycles. The minimum Gasteiger partial charge on any atom is -0.482 e. The van der Waals surface area contributed by atoms with Crippen LogP contribution in [0.3, 0.4) is 0 Å². The zero-order chi connectivity index (χ0) is 13.1. The molecule has 1 aliphatic rings. The molecule has 0 aliphatic heterocycles. The molecule has 0 heterocycles. The molecule has 1 amide bonds. The summed E-state index contributed by atoms with van der Waals surface area (Å²) < 4.78 is 5.36. The van der Waals surface area contributed by atoms with Crippen LogP contribution in [0.15, 0.2) is 18.2 Å². The standard InChI is InChI=1S/C13H14ClNO3/c1-15(10-3-4-10)13(17)8-18-12-5-2-9(7-16)6-11(12)14/h2,5-7,10H,3-4,8H2,1H3. The average molecular weight is 268 g/mol. The summed E-state index contributed by atoms with van der Waals surface area (Å²) in [4.78, 5) is 24.0. The minimum atomic E-state index is -0.0620. The van der Waals surface area contributed by atoms with Gasteiger partial charge < -0.3 is 9.64 Å². The van der Waals surface area contributed by atoms with E-state index in [0.29, 0.717) is 28.7 Å². The first-order valence-corrected chi connectivity index (χ1v) is 6.13. The Morgan fingerprint density at radius 2 is 2.28 bits per heavy atom. The van der Waals surface area contributed by atoms with E-state index in [9.17, 15) is 9.59 Å². The maximum atomic E-state index is 11.7. The fourth-order valence-electron chi connectivity index (χ4n) is 1.61. The molecule has 0 atom stereocenters. The van der Waals surface area contributed by atoms with Crippen LogP contribution in [0.2, 0.25) is 5.02 Å². The molecule has 1 aliphatic carbocycles. The number of likely N-dealkylation sites (N-methyl/N-ethyl adjacent to an activating group) is 1. The molecule has 0 unspecified atom stereocenters. The smallest absolute Gasteiger partial charge is 0.260 e. The van der Waals surface area contributed by atoms with Crippen molar-refractivity contribution in [3.8, 4) is 5.75 Å². The monoisotopic (exact) mass is 267 g/mol. The predicted molar refractivity (Wildman–Crippen MR) is 68.1 cm³/mol. The van der Waals surface area contributed by atoms with E-state index >= 15 is 0 Å². The van der Waals surface area contributed by atoms with Gasteiger partial charge in [0.2, 0.25) is 0 Å². The summed E-state index contributed by atoms with van der Waals surface area (Å²) in [5, 5.41) is 0.335. The molecule has 0 N–H and O–H groups in total. The molecule has 0 aromatic heterocycles. The summed E-state index contributed by atoms with van der Waals surface area (Å²) >= 11 is 5.94. The third kappa shape index (κ3) is 3.01. The summed E-state index contributed by atoms with van der Waals surface area (Å²) in [6, 6.07) is 5.08. The van der Waals surface area contributed by atoms with Gasteiger partial charge in [0, 0.05) is 18.7 Å². The second kappa shape index (κ2) is 5.40. The van der Waals surface area contributed by atoms with Crippen LogP contribution < -0.4 is 4.74 Å². The number of hydrogen-bond acceptors (Lipinski definition) is 3. The molecule has 0 saturated heterocycles. The first-order chi connectivity index (χ1) is 8.61. The lowest BCUT2D eigenvalue weighted by atomic mass is 10.2. The van der Waals surface area contributed by atoms with E-state index in [-0.39, 0.29) is 12.5 Å². The second-order valence-corrected chi connectivity index (χ2v) is 4.74. The lowest BCUT2D eigenvalue weighted by Crippen LogP contribution is -2.33. The molecular weight excluding hydrogens is 254 g/mol. The van der Waals surface area contributed by atoms with E-state index in [1.165, 1.54) is 6.07 Å². The van der Waals surface area contributed by atoms with Gasteiger partial charge in [-0.1, -0.05) is 11.6 Å². The number of ether oxygens (including phenoxy) is 1. The Balaban J connectivity index is 1.93. The van der Waals surface area contributed by atoms with E-state index in [1.54, 1.807) is 24.1 Å². The second-order valence-electron chi connectivity index (χ2n) is 4.33. The van der Waals surface area contributed by atoms with Crippen molar-refractivity contribution in [1.82, 2.24) is 4.90 Å². The first-order valence-electron chi connectivity index (χ1n) is 5.75. The van der Waals surface area contributed by atoms with Crippen molar-refractivity contribution in [2.24, 2.45) is 0 Å². The molecular formula is C13H14ClNO3. The molecule has 5 heteroatoms. The van der Waals surface area contributed by atoms with Crippen LogP contribution in [-0.4, -0.2) is 36.8 Å². The SMILES string of the molecule is CN(C(=O)COc1ccc(C=O)cc1Cl)C1CC1. The molecule has 1 aromatic rings. The number of nitrogens with zero attached hydrogens (tertiary/aromatic N) is 1. The van der Waals surface area contributed by atoms with Crippen LogP contribution in [0.1, 0.15) is 23.2 Å². The summed E-state index contributed by atoms with van der Waals surface area (Å²) in [7, 11) is 1.78. The number of rotatable bonds is 5. The zero-order valence-corrected chi connectivity index (χ0v) is 10.8. The molecule has 0 bridgehead atoms. The predicted octanol–water partition coefficient (Wildman–Crippen LogP) is 2.15. The Morgan fingerprint density at radius 3 is 2.83 bits per heavy atom. The fraction of sp³-hybridized carbons (Fsp3) is 0.385. The van der Waals surface area contributed by atoms with Gasteiger partial charge in [0.1, 0.15) is 12.0 Å². The fourth-order valence-corrected chi connectivity index (χ4v) is 1.86. The third-order valence-corrected chi connectivity index (χ3v) is 3.23. The van der Waals surface area contributed by atoms with Crippen molar-refractivity contribution in [1.29, 1.82) is 0 Å².